The third kappa shape index (κ3) is 4.25. The van der Waals surface area contributed by atoms with E-state index in [1.54, 1.807) is 0 Å². The van der Waals surface area contributed by atoms with Gasteiger partial charge in [-0.1, -0.05) is 34.1 Å². The van der Waals surface area contributed by atoms with Crippen LogP contribution in [0.15, 0.2) is 51.4 Å². The van der Waals surface area contributed by atoms with Gasteiger partial charge in [-0.3, -0.25) is 0 Å². The molecule has 2 rings (SSSR count). The van der Waals surface area contributed by atoms with Crippen LogP contribution in [0.3, 0.4) is 0 Å². The summed E-state index contributed by atoms with van der Waals surface area (Å²) in [6, 6.07) is 14.1. The molecule has 2 nitrogen and oxygen atoms in total. The Hall–Kier alpha value is -1.000. The van der Waals surface area contributed by atoms with Gasteiger partial charge in [-0.2, -0.15) is 0 Å². The van der Waals surface area contributed by atoms with Crippen molar-refractivity contribution in [1.29, 1.82) is 0 Å². The zero-order chi connectivity index (χ0) is 13.7. The summed E-state index contributed by atoms with van der Waals surface area (Å²) in [6.07, 6.45) is 0. The summed E-state index contributed by atoms with van der Waals surface area (Å²) in [7, 11) is 0. The Morgan fingerprint density at radius 2 is 1.89 bits per heavy atom. The van der Waals surface area contributed by atoms with Crippen molar-refractivity contribution in [2.45, 2.75) is 6.92 Å². The van der Waals surface area contributed by atoms with Gasteiger partial charge in [0.05, 0.1) is 4.47 Å². The Bertz CT molecular complexity index is 558. The van der Waals surface area contributed by atoms with Crippen LogP contribution < -0.4 is 10.1 Å². The number of nitrogens with one attached hydrogen (secondary N) is 1. The summed E-state index contributed by atoms with van der Waals surface area (Å²) >= 11 is 6.90. The van der Waals surface area contributed by atoms with Crippen molar-refractivity contribution in [1.82, 2.24) is 0 Å². The third-order valence-electron chi connectivity index (χ3n) is 2.71. The molecule has 0 aliphatic rings. The molecule has 0 spiro atoms. The molecular weight excluding hydrogens is 370 g/mol. The van der Waals surface area contributed by atoms with Crippen LogP contribution in [-0.4, -0.2) is 13.2 Å². The fraction of sp³-hybridized carbons (Fsp3) is 0.200. The molecule has 0 radical (unpaired) electrons. The van der Waals surface area contributed by atoms with E-state index in [-0.39, 0.29) is 0 Å². The van der Waals surface area contributed by atoms with Crippen LogP contribution in [-0.2, 0) is 0 Å². The number of hydrogen-bond acceptors (Lipinski definition) is 2. The Labute approximate surface area is 130 Å². The zero-order valence-electron chi connectivity index (χ0n) is 10.6. The first-order valence-electron chi connectivity index (χ1n) is 6.04. The minimum atomic E-state index is 0.620. The van der Waals surface area contributed by atoms with E-state index in [9.17, 15) is 0 Å². The van der Waals surface area contributed by atoms with Crippen LogP contribution in [0.2, 0.25) is 0 Å². The molecule has 0 aromatic heterocycles. The number of halogens is 2. The van der Waals surface area contributed by atoms with E-state index < -0.39 is 0 Å². The highest BCUT2D eigenvalue weighted by Gasteiger charge is 2.01. The van der Waals surface area contributed by atoms with Gasteiger partial charge in [-0.25, -0.2) is 0 Å². The maximum atomic E-state index is 5.72. The molecule has 0 unspecified atom stereocenters. The first-order valence-corrected chi connectivity index (χ1v) is 7.63. The minimum absolute atomic E-state index is 0.620. The molecule has 0 amide bonds. The Balaban J connectivity index is 1.83. The molecule has 1 N–H and O–H groups in total. The minimum Gasteiger partial charge on any atom is -0.491 e. The summed E-state index contributed by atoms with van der Waals surface area (Å²) in [5.74, 6) is 0.856. The fourth-order valence-electron chi connectivity index (χ4n) is 1.71. The van der Waals surface area contributed by atoms with Gasteiger partial charge in [0.15, 0.2) is 0 Å². The zero-order valence-corrected chi connectivity index (χ0v) is 13.8. The van der Waals surface area contributed by atoms with Crippen LogP contribution in [0.1, 0.15) is 5.56 Å². The Kier molecular flexibility index (Phi) is 5.28. The molecule has 0 fully saturated rings. The quantitative estimate of drug-likeness (QED) is 0.731. The summed E-state index contributed by atoms with van der Waals surface area (Å²) in [5, 5.41) is 3.36. The summed E-state index contributed by atoms with van der Waals surface area (Å²) in [4.78, 5) is 0. The maximum absolute atomic E-state index is 5.72. The highest BCUT2D eigenvalue weighted by molar-refractivity contribution is 9.11. The topological polar surface area (TPSA) is 21.3 Å². The number of rotatable bonds is 5. The predicted octanol–water partition coefficient (Wildman–Crippen LogP) is 5.01. The van der Waals surface area contributed by atoms with E-state index in [0.717, 1.165) is 26.9 Å². The van der Waals surface area contributed by atoms with Gasteiger partial charge < -0.3 is 10.1 Å². The normalized spacial score (nSPS) is 10.3. The highest BCUT2D eigenvalue weighted by Crippen LogP contribution is 2.28. The van der Waals surface area contributed by atoms with E-state index in [1.165, 1.54) is 5.56 Å². The molecule has 2 aromatic carbocycles. The van der Waals surface area contributed by atoms with Gasteiger partial charge in [0, 0.05) is 16.7 Å². The summed E-state index contributed by atoms with van der Waals surface area (Å²) in [5.41, 5.74) is 2.40. The van der Waals surface area contributed by atoms with Gasteiger partial charge in [-0.15, -0.1) is 0 Å². The van der Waals surface area contributed by atoms with Crippen molar-refractivity contribution in [3.05, 3.63) is 57.0 Å². The molecular formula is C15H15Br2NO. The summed E-state index contributed by atoms with van der Waals surface area (Å²) in [6.45, 7) is 3.48. The summed E-state index contributed by atoms with van der Waals surface area (Å²) < 4.78 is 7.71. The van der Waals surface area contributed by atoms with Crippen LogP contribution in [0.4, 0.5) is 5.69 Å². The SMILES string of the molecule is Cc1ccccc1NCCOc1ccc(Br)cc1Br. The highest BCUT2D eigenvalue weighted by atomic mass is 79.9. The van der Waals surface area contributed by atoms with Crippen LogP contribution in [0.5, 0.6) is 5.75 Å². The average molecular weight is 385 g/mol. The first-order chi connectivity index (χ1) is 9.16. The van der Waals surface area contributed by atoms with Crippen molar-refractivity contribution >= 4 is 37.5 Å². The van der Waals surface area contributed by atoms with Gasteiger partial charge in [0.1, 0.15) is 12.4 Å². The molecule has 0 saturated heterocycles. The van der Waals surface area contributed by atoms with E-state index in [0.29, 0.717) is 6.61 Å². The lowest BCUT2D eigenvalue weighted by Gasteiger charge is -2.11. The number of ether oxygens (including phenoxy) is 1. The smallest absolute Gasteiger partial charge is 0.133 e. The second-order valence-electron chi connectivity index (χ2n) is 4.16. The molecule has 0 aliphatic carbocycles. The third-order valence-corrected chi connectivity index (χ3v) is 3.83. The molecule has 100 valence electrons. The standard InChI is InChI=1S/C15H15Br2NO/c1-11-4-2-3-5-14(11)18-8-9-19-15-7-6-12(16)10-13(15)17/h2-7,10,18H,8-9H2,1H3. The first kappa shape index (κ1) is 14.4. The van der Waals surface area contributed by atoms with Crippen molar-refractivity contribution in [3.63, 3.8) is 0 Å². The van der Waals surface area contributed by atoms with Crippen molar-refractivity contribution in [3.8, 4) is 5.75 Å². The Morgan fingerprint density at radius 1 is 1.11 bits per heavy atom. The van der Waals surface area contributed by atoms with Crippen molar-refractivity contribution in [2.75, 3.05) is 18.5 Å². The number of anilines is 1. The van der Waals surface area contributed by atoms with Gasteiger partial charge in [0.2, 0.25) is 0 Å². The second kappa shape index (κ2) is 6.96. The van der Waals surface area contributed by atoms with Crippen LogP contribution in [0, 0.1) is 6.92 Å². The molecule has 0 atom stereocenters. The number of benzene rings is 2. The van der Waals surface area contributed by atoms with E-state index >= 15 is 0 Å². The largest absolute Gasteiger partial charge is 0.491 e. The fourth-order valence-corrected chi connectivity index (χ4v) is 2.87. The number of aryl methyl sites for hydroxylation is 1. The van der Waals surface area contributed by atoms with Gasteiger partial charge in [-0.05, 0) is 52.7 Å². The molecule has 4 heteroatoms. The Morgan fingerprint density at radius 3 is 2.63 bits per heavy atom. The van der Waals surface area contributed by atoms with Gasteiger partial charge >= 0.3 is 0 Å². The van der Waals surface area contributed by atoms with E-state index in [1.807, 2.05) is 30.3 Å². The predicted molar refractivity (Wildman–Crippen MR) is 87.0 cm³/mol. The molecule has 0 saturated carbocycles. The second-order valence-corrected chi connectivity index (χ2v) is 5.93. The monoisotopic (exact) mass is 383 g/mol. The molecule has 2 aromatic rings. The van der Waals surface area contributed by atoms with Gasteiger partial charge in [0.25, 0.3) is 0 Å². The number of para-hydroxylation sites is 1. The molecule has 0 bridgehead atoms. The lowest BCUT2D eigenvalue weighted by molar-refractivity contribution is 0.331. The van der Waals surface area contributed by atoms with Crippen molar-refractivity contribution < 1.29 is 4.74 Å². The van der Waals surface area contributed by atoms with E-state index in [4.69, 9.17) is 4.74 Å². The maximum Gasteiger partial charge on any atom is 0.133 e. The van der Waals surface area contributed by atoms with Crippen molar-refractivity contribution in [2.24, 2.45) is 0 Å². The van der Waals surface area contributed by atoms with Crippen LogP contribution in [0.25, 0.3) is 0 Å². The van der Waals surface area contributed by atoms with E-state index in [2.05, 4.69) is 56.2 Å². The number of hydrogen-bond donors (Lipinski definition) is 1. The molecule has 0 aliphatic heterocycles. The molecule has 0 heterocycles. The lowest BCUT2D eigenvalue weighted by Crippen LogP contribution is -2.12. The molecule has 19 heavy (non-hydrogen) atoms. The van der Waals surface area contributed by atoms with Crippen LogP contribution >= 0.6 is 31.9 Å². The average Bonchev–Trinajstić information content (AvgIpc) is 2.38. The lowest BCUT2D eigenvalue weighted by atomic mass is 10.2.